The van der Waals surface area contributed by atoms with E-state index in [1.54, 1.807) is 16.6 Å². The number of nitrogens with two attached hydrogens (primary N) is 1. The van der Waals surface area contributed by atoms with Crippen molar-refractivity contribution >= 4 is 32.9 Å². The zero-order valence-corrected chi connectivity index (χ0v) is 16.6. The van der Waals surface area contributed by atoms with E-state index in [-0.39, 0.29) is 23.2 Å². The van der Waals surface area contributed by atoms with Crippen LogP contribution in [0.1, 0.15) is 5.69 Å². The van der Waals surface area contributed by atoms with E-state index in [9.17, 15) is 9.90 Å². The van der Waals surface area contributed by atoms with Gasteiger partial charge in [0.2, 0.25) is 0 Å². The number of rotatable bonds is 10. The summed E-state index contributed by atoms with van der Waals surface area (Å²) >= 11 is 0. The van der Waals surface area contributed by atoms with E-state index in [4.69, 9.17) is 15.9 Å². The van der Waals surface area contributed by atoms with E-state index in [1.165, 1.54) is 6.07 Å². The topological polar surface area (TPSA) is 137 Å². The average Bonchev–Trinajstić information content (AvgIpc) is 3.11. The largest absolute Gasteiger partial charge is 0.506 e. The number of pyridine rings is 1. The number of hydrogen-bond donors (Lipinski definition) is 6. The highest BCUT2D eigenvalue weighted by molar-refractivity contribution is 6.13. The lowest BCUT2D eigenvalue weighted by molar-refractivity contribution is 0.293. The molecule has 4 aromatic rings. The second kappa shape index (κ2) is 8.80. The number of anilines is 1. The molecule has 0 aliphatic heterocycles. The summed E-state index contributed by atoms with van der Waals surface area (Å²) in [5, 5.41) is 36.2. The molecule has 0 radical (unpaired) electrons. The highest BCUT2D eigenvalue weighted by Gasteiger charge is 2.21. The summed E-state index contributed by atoms with van der Waals surface area (Å²) in [5.41, 5.74) is 8.22. The van der Waals surface area contributed by atoms with Crippen molar-refractivity contribution in [1.82, 2.24) is 20.2 Å². The molecule has 9 heteroatoms. The third kappa shape index (κ3) is 3.52. The molecule has 158 valence electrons. The molecule has 2 heterocycles. The van der Waals surface area contributed by atoms with Crippen molar-refractivity contribution in [3.8, 4) is 5.75 Å². The van der Waals surface area contributed by atoms with Gasteiger partial charge in [-0.1, -0.05) is 6.07 Å². The Hall–Kier alpha value is -2.98. The Balaban J connectivity index is 1.88. The van der Waals surface area contributed by atoms with E-state index >= 15 is 0 Å². The van der Waals surface area contributed by atoms with Gasteiger partial charge in [0.25, 0.3) is 0 Å². The van der Waals surface area contributed by atoms with E-state index in [0.29, 0.717) is 50.2 Å². The van der Waals surface area contributed by atoms with Gasteiger partial charge < -0.3 is 31.9 Å². The molecule has 7 N–H and O–H groups in total. The van der Waals surface area contributed by atoms with Gasteiger partial charge in [-0.25, -0.2) is 4.52 Å². The molecule has 2 aromatic heterocycles. The molecule has 4 rings (SSSR count). The summed E-state index contributed by atoms with van der Waals surface area (Å²) in [6.45, 7) is 3.57. The van der Waals surface area contributed by atoms with E-state index in [0.717, 1.165) is 22.3 Å². The van der Waals surface area contributed by atoms with Gasteiger partial charge in [-0.3, -0.25) is 4.79 Å². The molecule has 0 spiro atoms. The van der Waals surface area contributed by atoms with Crippen LogP contribution >= 0.6 is 0 Å². The van der Waals surface area contributed by atoms with Crippen LogP contribution < -0.4 is 27.1 Å². The molecule has 0 saturated heterocycles. The molecular weight excluding hydrogens is 384 g/mol. The number of aliphatic hydroxyl groups is 1. The van der Waals surface area contributed by atoms with Gasteiger partial charge >= 0.3 is 0 Å². The SMILES string of the molecule is NCCNCc1nn2c3cccc(=O)c3c(O)c3c(NCCNCCO)ccc1c32. The number of aromatic hydroxyl groups is 1. The van der Waals surface area contributed by atoms with Crippen molar-refractivity contribution in [2.45, 2.75) is 6.54 Å². The van der Waals surface area contributed by atoms with Crippen LogP contribution in [0.15, 0.2) is 35.1 Å². The highest BCUT2D eigenvalue weighted by atomic mass is 16.3. The summed E-state index contributed by atoms with van der Waals surface area (Å²) in [6.07, 6.45) is 0. The fourth-order valence-corrected chi connectivity index (χ4v) is 3.82. The first-order valence-electron chi connectivity index (χ1n) is 10.0. The summed E-state index contributed by atoms with van der Waals surface area (Å²) in [5.74, 6) is -0.0408. The molecule has 0 unspecified atom stereocenters. The third-order valence-corrected chi connectivity index (χ3v) is 5.15. The van der Waals surface area contributed by atoms with Crippen LogP contribution in [0.5, 0.6) is 5.75 Å². The van der Waals surface area contributed by atoms with Gasteiger partial charge in [0, 0.05) is 50.3 Å². The zero-order chi connectivity index (χ0) is 21.1. The van der Waals surface area contributed by atoms with Crippen molar-refractivity contribution in [2.24, 2.45) is 5.73 Å². The molecule has 9 nitrogen and oxygen atoms in total. The molecule has 0 bridgehead atoms. The highest BCUT2D eigenvalue weighted by Crippen LogP contribution is 2.40. The Morgan fingerprint density at radius 1 is 1.03 bits per heavy atom. The number of fused-ring (bicyclic) bond motifs is 2. The molecule has 0 aliphatic rings. The van der Waals surface area contributed by atoms with Crippen LogP contribution in [0, 0.1) is 0 Å². The Morgan fingerprint density at radius 3 is 2.70 bits per heavy atom. The first kappa shape index (κ1) is 20.3. The average molecular weight is 410 g/mol. The molecule has 0 saturated carbocycles. The molecule has 30 heavy (non-hydrogen) atoms. The van der Waals surface area contributed by atoms with Crippen molar-refractivity contribution in [3.05, 3.63) is 46.2 Å². The smallest absolute Gasteiger partial charge is 0.191 e. The predicted molar refractivity (Wildman–Crippen MR) is 119 cm³/mol. The third-order valence-electron chi connectivity index (χ3n) is 5.15. The molecule has 0 atom stereocenters. The van der Waals surface area contributed by atoms with Gasteiger partial charge in [-0.05, 0) is 24.3 Å². The van der Waals surface area contributed by atoms with Crippen molar-refractivity contribution in [2.75, 3.05) is 44.6 Å². The predicted octanol–water partition coefficient (Wildman–Crippen LogP) is 0.186. The van der Waals surface area contributed by atoms with Gasteiger partial charge in [0.1, 0.15) is 5.75 Å². The number of nitrogens with one attached hydrogen (secondary N) is 3. The van der Waals surface area contributed by atoms with Crippen LogP contribution in [0.2, 0.25) is 0 Å². The van der Waals surface area contributed by atoms with Crippen LogP contribution in [-0.4, -0.2) is 59.2 Å². The summed E-state index contributed by atoms with van der Waals surface area (Å²) < 4.78 is 1.75. The summed E-state index contributed by atoms with van der Waals surface area (Å²) in [6, 6.07) is 8.78. The Labute approximate surface area is 172 Å². The Kier molecular flexibility index (Phi) is 5.96. The molecular formula is C21H26N6O3. The first-order valence-corrected chi connectivity index (χ1v) is 10.0. The maximum atomic E-state index is 12.6. The monoisotopic (exact) mass is 410 g/mol. The fourth-order valence-electron chi connectivity index (χ4n) is 3.82. The molecule has 0 aliphatic carbocycles. The lowest BCUT2D eigenvalue weighted by atomic mass is 10.0. The number of aliphatic hydroxyl groups excluding tert-OH is 1. The van der Waals surface area contributed by atoms with Crippen molar-refractivity contribution < 1.29 is 10.2 Å². The minimum atomic E-state index is -0.249. The number of benzene rings is 2. The van der Waals surface area contributed by atoms with Crippen molar-refractivity contribution in [1.29, 1.82) is 0 Å². The maximum Gasteiger partial charge on any atom is 0.191 e. The second-order valence-corrected chi connectivity index (χ2v) is 7.11. The van der Waals surface area contributed by atoms with Crippen LogP contribution in [0.25, 0.3) is 27.2 Å². The van der Waals surface area contributed by atoms with Crippen LogP contribution in [0.3, 0.4) is 0 Å². The van der Waals surface area contributed by atoms with Gasteiger partial charge in [-0.15, -0.1) is 0 Å². The van der Waals surface area contributed by atoms with Gasteiger partial charge in [0.05, 0.1) is 34.1 Å². The number of aromatic nitrogens is 2. The van der Waals surface area contributed by atoms with Crippen LogP contribution in [-0.2, 0) is 6.54 Å². The fraction of sp³-hybridized carbons (Fsp3) is 0.333. The standard InChI is InChI=1S/C21H26N6O3/c22-6-7-24-12-15-13-4-5-14(25-9-8-23-10-11-28)18-20(13)27(26-15)16-2-1-3-17(29)19(16)21(18)30/h1-5,23-25,28,30H,6-12,22H2. The Morgan fingerprint density at radius 2 is 1.90 bits per heavy atom. The van der Waals surface area contributed by atoms with Crippen LogP contribution in [0.4, 0.5) is 5.69 Å². The van der Waals surface area contributed by atoms with E-state index < -0.39 is 0 Å². The summed E-state index contributed by atoms with van der Waals surface area (Å²) in [4.78, 5) is 12.6. The molecule has 2 aromatic carbocycles. The normalized spacial score (nSPS) is 11.8. The maximum absolute atomic E-state index is 12.6. The minimum Gasteiger partial charge on any atom is -0.506 e. The first-order chi connectivity index (χ1) is 14.7. The second-order valence-electron chi connectivity index (χ2n) is 7.11. The van der Waals surface area contributed by atoms with Crippen molar-refractivity contribution in [3.63, 3.8) is 0 Å². The molecule has 0 fully saturated rings. The quantitative estimate of drug-likeness (QED) is 0.161. The van der Waals surface area contributed by atoms with Gasteiger partial charge in [-0.2, -0.15) is 5.10 Å². The van der Waals surface area contributed by atoms with E-state index in [2.05, 4.69) is 16.0 Å². The Bertz CT molecular complexity index is 1220. The summed E-state index contributed by atoms with van der Waals surface area (Å²) in [7, 11) is 0. The van der Waals surface area contributed by atoms with E-state index in [1.807, 2.05) is 12.1 Å². The zero-order valence-electron chi connectivity index (χ0n) is 16.6. The lowest BCUT2D eigenvalue weighted by Crippen LogP contribution is -2.24. The number of hydrogen-bond acceptors (Lipinski definition) is 8. The minimum absolute atomic E-state index is 0.0408. The molecule has 0 amide bonds. The lowest BCUT2D eigenvalue weighted by Gasteiger charge is -2.14. The van der Waals surface area contributed by atoms with Gasteiger partial charge in [0.15, 0.2) is 5.43 Å². The number of nitrogens with zero attached hydrogens (tertiary/aromatic N) is 2.